The van der Waals surface area contributed by atoms with Crippen molar-refractivity contribution in [1.82, 2.24) is 10.8 Å². The topological polar surface area (TPSA) is 211 Å². The van der Waals surface area contributed by atoms with Gasteiger partial charge < -0.3 is 31.0 Å². The van der Waals surface area contributed by atoms with Gasteiger partial charge in [-0.25, -0.2) is 5.48 Å². The van der Waals surface area contributed by atoms with Gasteiger partial charge in [-0.05, 0) is 113 Å². The van der Waals surface area contributed by atoms with E-state index in [2.05, 4.69) is 24.6 Å². The van der Waals surface area contributed by atoms with Crippen LogP contribution < -0.4 is 10.8 Å². The molecule has 0 heterocycles. The van der Waals surface area contributed by atoms with Crippen LogP contribution in [0.3, 0.4) is 0 Å². The highest BCUT2D eigenvalue weighted by Gasteiger charge is 2.47. The molecule has 0 radical (unpaired) electrons. The zero-order valence-corrected chi connectivity index (χ0v) is 26.5. The van der Waals surface area contributed by atoms with Gasteiger partial charge in [-0.15, -0.1) is 0 Å². The van der Waals surface area contributed by atoms with Crippen LogP contribution in [0.4, 0.5) is 0 Å². The summed E-state index contributed by atoms with van der Waals surface area (Å²) in [6.45, 7) is 4.26. The standard InChI is InChI=1S/C33H52N2O10/c1-16-11-18(3-7-22(16)28(35-45)25-14-20(30(37)38)5-8-23(25)32(41)42)13-19-4-10-27(17(2)12-19)34-29(36)26-15-21(31(39)40)6-9-24(26)33(43)44/h16-28,35,45H,3-15H2,1-2H3,(H,34,36)(H,37,38)(H,39,40)(H,41,42)(H,43,44). The van der Waals surface area contributed by atoms with E-state index in [9.17, 15) is 49.6 Å². The van der Waals surface area contributed by atoms with Crippen molar-refractivity contribution in [3.05, 3.63) is 0 Å². The largest absolute Gasteiger partial charge is 0.481 e. The molecular weight excluding hydrogens is 584 g/mol. The van der Waals surface area contributed by atoms with Gasteiger partial charge >= 0.3 is 23.9 Å². The van der Waals surface area contributed by atoms with Crippen LogP contribution in [0, 0.1) is 65.1 Å². The number of hydrogen-bond acceptors (Lipinski definition) is 7. The third kappa shape index (κ3) is 8.36. The van der Waals surface area contributed by atoms with Crippen LogP contribution in [0.5, 0.6) is 0 Å². The lowest BCUT2D eigenvalue weighted by atomic mass is 9.62. The predicted molar refractivity (Wildman–Crippen MR) is 161 cm³/mol. The summed E-state index contributed by atoms with van der Waals surface area (Å²) >= 11 is 0. The Morgan fingerprint density at radius 2 is 1.16 bits per heavy atom. The smallest absolute Gasteiger partial charge is 0.307 e. The Morgan fingerprint density at radius 1 is 0.600 bits per heavy atom. The van der Waals surface area contributed by atoms with Crippen molar-refractivity contribution in [3.63, 3.8) is 0 Å². The van der Waals surface area contributed by atoms with Crippen LogP contribution in [-0.2, 0) is 24.0 Å². The highest BCUT2D eigenvalue weighted by Crippen LogP contribution is 2.46. The fourth-order valence-corrected chi connectivity index (χ4v) is 9.60. The van der Waals surface area contributed by atoms with Gasteiger partial charge in [0.1, 0.15) is 0 Å². The minimum atomic E-state index is -1.05. The molecule has 13 atom stereocenters. The number of hydrogen-bond donors (Lipinski definition) is 7. The lowest BCUT2D eigenvalue weighted by Gasteiger charge is -2.45. The summed E-state index contributed by atoms with van der Waals surface area (Å²) in [4.78, 5) is 60.3. The third-order valence-electron chi connectivity index (χ3n) is 12.1. The van der Waals surface area contributed by atoms with Crippen molar-refractivity contribution in [1.29, 1.82) is 0 Å². The summed E-state index contributed by atoms with van der Waals surface area (Å²) in [6.07, 6.45) is 7.81. The first-order valence-electron chi connectivity index (χ1n) is 16.9. The van der Waals surface area contributed by atoms with Gasteiger partial charge in [-0.2, -0.15) is 0 Å². The number of carbonyl (C=O) groups is 5. The van der Waals surface area contributed by atoms with Crippen LogP contribution >= 0.6 is 0 Å². The average Bonchev–Trinajstić information content (AvgIpc) is 2.99. The maximum Gasteiger partial charge on any atom is 0.307 e. The molecule has 0 saturated heterocycles. The molecule has 4 fully saturated rings. The number of carboxylic acid groups (broad SMARTS) is 4. The SMILES string of the molecule is CC1CC(CC2CCC(C(NO)C3CC(C(=O)O)CCC3C(=O)O)C(C)C2)CCC1NC(=O)C1CC(C(=O)O)CCC1C(=O)O. The maximum atomic E-state index is 13.2. The molecule has 0 spiro atoms. The molecule has 1 amide bonds. The first-order valence-corrected chi connectivity index (χ1v) is 16.9. The zero-order chi connectivity index (χ0) is 33.0. The van der Waals surface area contributed by atoms with Gasteiger partial charge in [0.15, 0.2) is 0 Å². The molecule has 12 heteroatoms. The Kier molecular flexibility index (Phi) is 11.9. The summed E-state index contributed by atoms with van der Waals surface area (Å²) in [7, 11) is 0. The van der Waals surface area contributed by atoms with Gasteiger partial charge in [0.25, 0.3) is 0 Å². The monoisotopic (exact) mass is 636 g/mol. The van der Waals surface area contributed by atoms with Crippen LogP contribution in [0.1, 0.15) is 97.3 Å². The Balaban J connectivity index is 1.29. The van der Waals surface area contributed by atoms with E-state index in [1.807, 2.05) is 0 Å². The van der Waals surface area contributed by atoms with Crippen molar-refractivity contribution in [2.75, 3.05) is 0 Å². The van der Waals surface area contributed by atoms with Crippen molar-refractivity contribution >= 4 is 29.8 Å². The van der Waals surface area contributed by atoms with Gasteiger partial charge in [0, 0.05) is 12.1 Å². The molecule has 4 aliphatic carbocycles. The number of carboxylic acids is 4. The second kappa shape index (κ2) is 15.2. The van der Waals surface area contributed by atoms with E-state index >= 15 is 0 Å². The summed E-state index contributed by atoms with van der Waals surface area (Å²) in [5, 5.41) is 51.8. The fourth-order valence-electron chi connectivity index (χ4n) is 9.60. The minimum absolute atomic E-state index is 0.0469. The molecule has 0 bridgehead atoms. The first-order chi connectivity index (χ1) is 21.3. The second-order valence-electron chi connectivity index (χ2n) is 14.8. The van der Waals surface area contributed by atoms with Gasteiger partial charge in [0.05, 0.1) is 29.6 Å². The summed E-state index contributed by atoms with van der Waals surface area (Å²) in [5.74, 6) is -6.92. The molecular formula is C33H52N2O10. The van der Waals surface area contributed by atoms with Crippen LogP contribution in [0.15, 0.2) is 0 Å². The zero-order valence-electron chi connectivity index (χ0n) is 26.5. The summed E-state index contributed by atoms with van der Waals surface area (Å²) in [6, 6.07) is -0.550. The molecule has 13 unspecified atom stereocenters. The Bertz CT molecular complexity index is 1100. The fraction of sp³-hybridized carbons (Fsp3) is 0.848. The van der Waals surface area contributed by atoms with E-state index in [1.165, 1.54) is 0 Å². The van der Waals surface area contributed by atoms with E-state index < -0.39 is 65.4 Å². The molecule has 4 saturated carbocycles. The lowest BCUT2D eigenvalue weighted by molar-refractivity contribution is -0.154. The van der Waals surface area contributed by atoms with E-state index in [-0.39, 0.29) is 55.4 Å². The Morgan fingerprint density at radius 3 is 1.69 bits per heavy atom. The van der Waals surface area contributed by atoms with E-state index in [0.717, 1.165) is 44.9 Å². The molecule has 0 aromatic rings. The molecule has 4 aliphatic rings. The van der Waals surface area contributed by atoms with E-state index in [4.69, 9.17) is 0 Å². The van der Waals surface area contributed by atoms with Crippen LogP contribution in [0.25, 0.3) is 0 Å². The van der Waals surface area contributed by atoms with E-state index in [1.54, 1.807) is 0 Å². The molecule has 0 aliphatic heterocycles. The molecule has 4 rings (SSSR count). The number of aliphatic carboxylic acids is 4. The van der Waals surface area contributed by atoms with Crippen molar-refractivity contribution in [2.45, 2.75) is 109 Å². The second-order valence-corrected chi connectivity index (χ2v) is 14.8. The molecule has 7 N–H and O–H groups in total. The highest BCUT2D eigenvalue weighted by atomic mass is 16.5. The van der Waals surface area contributed by atoms with Crippen molar-refractivity contribution in [2.24, 2.45) is 65.1 Å². The molecule has 254 valence electrons. The van der Waals surface area contributed by atoms with Crippen molar-refractivity contribution < 1.29 is 49.6 Å². The number of amides is 1. The van der Waals surface area contributed by atoms with Gasteiger partial charge in [0.2, 0.25) is 5.91 Å². The summed E-state index contributed by atoms with van der Waals surface area (Å²) in [5.41, 5.74) is 2.43. The number of nitrogens with one attached hydrogen (secondary N) is 2. The van der Waals surface area contributed by atoms with Gasteiger partial charge in [-0.3, -0.25) is 24.0 Å². The average molecular weight is 637 g/mol. The number of rotatable bonds is 11. The molecule has 0 aromatic heterocycles. The number of carbonyl (C=O) groups excluding carboxylic acids is 1. The van der Waals surface area contributed by atoms with Crippen molar-refractivity contribution in [3.8, 4) is 0 Å². The van der Waals surface area contributed by atoms with E-state index in [0.29, 0.717) is 24.7 Å². The first kappa shape index (κ1) is 35.1. The predicted octanol–water partition coefficient (Wildman–Crippen LogP) is 4.10. The highest BCUT2D eigenvalue weighted by molar-refractivity contribution is 5.86. The maximum absolute atomic E-state index is 13.2. The quantitative estimate of drug-likeness (QED) is 0.160. The van der Waals surface area contributed by atoms with Gasteiger partial charge in [-0.1, -0.05) is 20.3 Å². The third-order valence-corrected chi connectivity index (χ3v) is 12.1. The Labute approximate surface area is 264 Å². The van der Waals surface area contributed by atoms with Crippen LogP contribution in [0.2, 0.25) is 0 Å². The normalized spacial score (nSPS) is 39.7. The molecule has 12 nitrogen and oxygen atoms in total. The molecule has 45 heavy (non-hydrogen) atoms. The molecule has 0 aromatic carbocycles. The number of hydroxylamine groups is 1. The minimum Gasteiger partial charge on any atom is -0.481 e. The summed E-state index contributed by atoms with van der Waals surface area (Å²) < 4.78 is 0. The van der Waals surface area contributed by atoms with Crippen LogP contribution in [-0.4, -0.2) is 67.5 Å². The lowest BCUT2D eigenvalue weighted by Crippen LogP contribution is -2.51. The Hall–Kier alpha value is -2.73.